The van der Waals surface area contributed by atoms with Gasteiger partial charge in [0.15, 0.2) is 5.82 Å². The van der Waals surface area contributed by atoms with Gasteiger partial charge in [0.1, 0.15) is 17.6 Å². The summed E-state index contributed by atoms with van der Waals surface area (Å²) in [5, 5.41) is 26.8. The number of nitrogens with zero attached hydrogens (tertiary/aromatic N) is 3. The van der Waals surface area contributed by atoms with Gasteiger partial charge in [-0.1, -0.05) is 0 Å². The van der Waals surface area contributed by atoms with Gasteiger partial charge in [-0.25, -0.2) is 4.79 Å². The molecule has 1 aromatic carbocycles. The van der Waals surface area contributed by atoms with Crippen LogP contribution in [0.25, 0.3) is 11.4 Å². The second kappa shape index (κ2) is 4.38. The van der Waals surface area contributed by atoms with Gasteiger partial charge in [-0.3, -0.25) is 4.57 Å². The lowest BCUT2D eigenvalue weighted by Crippen LogP contribution is -2.25. The molecule has 0 spiro atoms. The zero-order chi connectivity index (χ0) is 13.4. The Morgan fingerprint density at radius 3 is 2.68 bits per heavy atom. The van der Waals surface area contributed by atoms with Crippen LogP contribution in [-0.2, 0) is 11.2 Å². The van der Waals surface area contributed by atoms with E-state index < -0.39 is 12.0 Å². The number of hydrogen-bond donors (Lipinski definition) is 2. The summed E-state index contributed by atoms with van der Waals surface area (Å²) in [4.78, 5) is 11.3. The second-order valence-electron chi connectivity index (χ2n) is 4.60. The molecule has 2 N–H and O–H groups in total. The molecule has 98 valence electrons. The molecule has 19 heavy (non-hydrogen) atoms. The zero-order valence-corrected chi connectivity index (χ0v) is 10.2. The molecule has 0 fully saturated rings. The summed E-state index contributed by atoms with van der Waals surface area (Å²) in [5.41, 5.74) is 0.754. The van der Waals surface area contributed by atoms with Crippen molar-refractivity contribution < 1.29 is 15.0 Å². The molecular formula is C13H13N3O3. The molecule has 0 amide bonds. The number of carbonyl (C=O) groups is 1. The minimum atomic E-state index is -0.860. The van der Waals surface area contributed by atoms with Crippen LogP contribution in [0, 0.1) is 0 Å². The monoisotopic (exact) mass is 259 g/mol. The minimum absolute atomic E-state index is 0.164. The Bertz CT molecular complexity index is 619. The Balaban J connectivity index is 2.11. The molecule has 6 heteroatoms. The lowest BCUT2D eigenvalue weighted by atomic mass is 10.0. The van der Waals surface area contributed by atoms with Crippen LogP contribution in [0.15, 0.2) is 24.3 Å². The molecule has 0 saturated carbocycles. The van der Waals surface area contributed by atoms with Crippen molar-refractivity contribution in [3.05, 3.63) is 30.1 Å². The molecule has 0 saturated heterocycles. The quantitative estimate of drug-likeness (QED) is 0.855. The number of carboxylic acids is 1. The van der Waals surface area contributed by atoms with Gasteiger partial charge >= 0.3 is 5.97 Å². The van der Waals surface area contributed by atoms with Gasteiger partial charge < -0.3 is 10.2 Å². The van der Waals surface area contributed by atoms with Crippen LogP contribution in [0.2, 0.25) is 0 Å². The number of benzene rings is 1. The van der Waals surface area contributed by atoms with Gasteiger partial charge in [-0.15, -0.1) is 10.2 Å². The van der Waals surface area contributed by atoms with E-state index >= 15 is 0 Å². The van der Waals surface area contributed by atoms with Crippen LogP contribution >= 0.6 is 0 Å². The summed E-state index contributed by atoms with van der Waals surface area (Å²) in [5.74, 6) is 0.557. The Labute approximate surface area is 109 Å². The van der Waals surface area contributed by atoms with Crippen LogP contribution in [-0.4, -0.2) is 30.9 Å². The summed E-state index contributed by atoms with van der Waals surface area (Å²) >= 11 is 0. The summed E-state index contributed by atoms with van der Waals surface area (Å²) in [6.07, 6.45) is 2.14. The molecule has 1 aromatic heterocycles. The number of aromatic hydroxyl groups is 1. The summed E-state index contributed by atoms with van der Waals surface area (Å²) in [6, 6.07) is 5.91. The van der Waals surface area contributed by atoms with Gasteiger partial charge in [0.25, 0.3) is 0 Å². The van der Waals surface area contributed by atoms with E-state index in [1.165, 1.54) is 0 Å². The summed E-state index contributed by atoms with van der Waals surface area (Å²) < 4.78 is 1.69. The van der Waals surface area contributed by atoms with Gasteiger partial charge in [-0.2, -0.15) is 0 Å². The average Bonchev–Trinajstić information content (AvgIpc) is 2.83. The molecule has 0 radical (unpaired) electrons. The first-order valence-corrected chi connectivity index (χ1v) is 6.13. The van der Waals surface area contributed by atoms with Crippen molar-refractivity contribution >= 4 is 5.97 Å². The van der Waals surface area contributed by atoms with Crippen LogP contribution < -0.4 is 0 Å². The zero-order valence-electron chi connectivity index (χ0n) is 10.2. The topological polar surface area (TPSA) is 88.2 Å². The highest BCUT2D eigenvalue weighted by molar-refractivity contribution is 5.73. The molecule has 1 aliphatic heterocycles. The van der Waals surface area contributed by atoms with Crippen molar-refractivity contribution in [3.8, 4) is 17.1 Å². The number of fused-ring (bicyclic) bond motifs is 1. The lowest BCUT2D eigenvalue weighted by Gasteiger charge is -2.22. The first kappa shape index (κ1) is 11.7. The van der Waals surface area contributed by atoms with E-state index in [9.17, 15) is 15.0 Å². The van der Waals surface area contributed by atoms with Gasteiger partial charge in [0.2, 0.25) is 0 Å². The van der Waals surface area contributed by atoms with Crippen LogP contribution in [0.5, 0.6) is 5.75 Å². The fraction of sp³-hybridized carbons (Fsp3) is 0.308. The first-order chi connectivity index (χ1) is 9.16. The number of carboxylic acid groups (broad SMARTS) is 1. The molecule has 2 heterocycles. The maximum Gasteiger partial charge on any atom is 0.326 e. The Morgan fingerprint density at radius 2 is 2.00 bits per heavy atom. The van der Waals surface area contributed by atoms with Gasteiger partial charge in [0.05, 0.1) is 0 Å². The second-order valence-corrected chi connectivity index (χ2v) is 4.60. The maximum absolute atomic E-state index is 11.3. The van der Waals surface area contributed by atoms with Crippen molar-refractivity contribution in [3.63, 3.8) is 0 Å². The first-order valence-electron chi connectivity index (χ1n) is 6.13. The van der Waals surface area contributed by atoms with Gasteiger partial charge in [-0.05, 0) is 37.1 Å². The minimum Gasteiger partial charge on any atom is -0.508 e. The summed E-state index contributed by atoms with van der Waals surface area (Å²) in [7, 11) is 0. The van der Waals surface area contributed by atoms with E-state index in [1.807, 2.05) is 0 Å². The third kappa shape index (κ3) is 1.95. The fourth-order valence-electron chi connectivity index (χ4n) is 2.45. The lowest BCUT2D eigenvalue weighted by molar-refractivity contribution is -0.141. The molecule has 0 aliphatic carbocycles. The standard InChI is InChI=1S/C13H13N3O3/c17-9-6-4-8(5-7-9)12-15-14-11-3-1-2-10(13(18)19)16(11)12/h4-7,10,17H,1-3H2,(H,18,19). The number of rotatable bonds is 2. The third-order valence-corrected chi connectivity index (χ3v) is 3.37. The van der Waals surface area contributed by atoms with Crippen LogP contribution in [0.1, 0.15) is 24.7 Å². The normalized spacial score (nSPS) is 18.0. The fourth-order valence-corrected chi connectivity index (χ4v) is 2.45. The Kier molecular flexibility index (Phi) is 2.70. The number of aryl methyl sites for hydroxylation is 1. The number of hydrogen-bond acceptors (Lipinski definition) is 4. The highest BCUT2D eigenvalue weighted by Crippen LogP contribution is 2.30. The highest BCUT2D eigenvalue weighted by Gasteiger charge is 2.30. The highest BCUT2D eigenvalue weighted by atomic mass is 16.4. The number of aliphatic carboxylic acids is 1. The molecule has 2 aromatic rings. The number of aromatic nitrogens is 3. The predicted octanol–water partition coefficient (Wildman–Crippen LogP) is 1.61. The van der Waals surface area contributed by atoms with Crippen molar-refractivity contribution in [1.29, 1.82) is 0 Å². The number of phenols is 1. The predicted molar refractivity (Wildman–Crippen MR) is 66.7 cm³/mol. The maximum atomic E-state index is 11.3. The number of phenolic OH excluding ortho intramolecular Hbond substituents is 1. The van der Waals surface area contributed by atoms with E-state index in [4.69, 9.17) is 0 Å². The van der Waals surface area contributed by atoms with Gasteiger partial charge in [0, 0.05) is 12.0 Å². The van der Waals surface area contributed by atoms with E-state index in [2.05, 4.69) is 10.2 Å². The van der Waals surface area contributed by atoms with E-state index in [0.717, 1.165) is 18.4 Å². The average molecular weight is 259 g/mol. The molecular weight excluding hydrogens is 246 g/mol. The smallest absolute Gasteiger partial charge is 0.326 e. The van der Waals surface area contributed by atoms with Crippen molar-refractivity contribution in [2.45, 2.75) is 25.3 Å². The Hall–Kier alpha value is -2.37. The molecule has 1 unspecified atom stereocenters. The Morgan fingerprint density at radius 1 is 1.26 bits per heavy atom. The van der Waals surface area contributed by atoms with E-state index in [1.54, 1.807) is 28.8 Å². The molecule has 3 rings (SSSR count). The van der Waals surface area contributed by atoms with E-state index in [0.29, 0.717) is 18.1 Å². The third-order valence-electron chi connectivity index (χ3n) is 3.37. The molecule has 6 nitrogen and oxygen atoms in total. The van der Waals surface area contributed by atoms with E-state index in [-0.39, 0.29) is 5.75 Å². The molecule has 1 aliphatic rings. The largest absolute Gasteiger partial charge is 0.508 e. The van der Waals surface area contributed by atoms with Crippen LogP contribution in [0.3, 0.4) is 0 Å². The SMILES string of the molecule is O=C(O)C1CCCc2nnc(-c3ccc(O)cc3)n21. The molecule has 1 atom stereocenters. The van der Waals surface area contributed by atoms with Crippen molar-refractivity contribution in [1.82, 2.24) is 14.8 Å². The molecule has 0 bridgehead atoms. The van der Waals surface area contributed by atoms with Crippen LogP contribution in [0.4, 0.5) is 0 Å². The van der Waals surface area contributed by atoms with Crippen molar-refractivity contribution in [2.75, 3.05) is 0 Å². The van der Waals surface area contributed by atoms with Crippen molar-refractivity contribution in [2.24, 2.45) is 0 Å². The summed E-state index contributed by atoms with van der Waals surface area (Å²) in [6.45, 7) is 0.